The molecule has 0 radical (unpaired) electrons. The third-order valence-corrected chi connectivity index (χ3v) is 7.78. The Morgan fingerprint density at radius 1 is 1.28 bits per heavy atom. The van der Waals surface area contributed by atoms with E-state index < -0.39 is 5.41 Å². The lowest BCUT2D eigenvalue weighted by atomic mass is 9.83. The first-order valence-electron chi connectivity index (χ1n) is 9.10. The van der Waals surface area contributed by atoms with Crippen LogP contribution in [0.25, 0.3) is 0 Å². The Balaban J connectivity index is 1.34. The zero-order valence-electron chi connectivity index (χ0n) is 15.6. The molecule has 2 N–H and O–H groups in total. The second kappa shape index (κ2) is 8.64. The first kappa shape index (κ1) is 20.0. The molecule has 0 bridgehead atoms. The van der Waals surface area contributed by atoms with Crippen molar-refractivity contribution in [1.29, 1.82) is 0 Å². The largest absolute Gasteiger partial charge is 0.360 e. The number of amides is 2. The lowest BCUT2D eigenvalue weighted by molar-refractivity contribution is -0.121. The van der Waals surface area contributed by atoms with Gasteiger partial charge in [0.25, 0.3) is 0 Å². The molecule has 3 aromatic rings. The van der Waals surface area contributed by atoms with Crippen LogP contribution in [0.5, 0.6) is 0 Å². The number of thioether (sulfide) groups is 1. The molecule has 4 rings (SSSR count). The van der Waals surface area contributed by atoms with Crippen LogP contribution >= 0.6 is 34.4 Å². The average molecular weight is 450 g/mol. The predicted molar refractivity (Wildman–Crippen MR) is 114 cm³/mol. The summed E-state index contributed by atoms with van der Waals surface area (Å²) in [5.74, 6) is 0.929. The van der Waals surface area contributed by atoms with Gasteiger partial charge in [0.15, 0.2) is 10.2 Å². The van der Waals surface area contributed by atoms with E-state index in [-0.39, 0.29) is 17.6 Å². The number of nitrogens with zero attached hydrogens (tertiary/aromatic N) is 3. The number of nitrogens with one attached hydrogen (secondary N) is 2. The van der Waals surface area contributed by atoms with Crippen molar-refractivity contribution >= 4 is 57.2 Å². The van der Waals surface area contributed by atoms with Gasteiger partial charge in [-0.3, -0.25) is 14.9 Å². The Hall–Kier alpha value is -2.24. The van der Waals surface area contributed by atoms with Gasteiger partial charge in [0.1, 0.15) is 5.76 Å². The number of aromatic nitrogens is 3. The molecule has 3 aromatic heterocycles. The summed E-state index contributed by atoms with van der Waals surface area (Å²) >= 11 is 4.15. The van der Waals surface area contributed by atoms with Gasteiger partial charge in [0.2, 0.25) is 16.9 Å². The molecular weight excluding hydrogens is 430 g/mol. The Kier molecular flexibility index (Phi) is 5.97. The van der Waals surface area contributed by atoms with Crippen LogP contribution in [0.2, 0.25) is 0 Å². The molecule has 1 aliphatic rings. The van der Waals surface area contributed by atoms with E-state index in [1.807, 2.05) is 17.5 Å². The zero-order valence-corrected chi connectivity index (χ0v) is 18.1. The number of aryl methyl sites for hydroxylation is 1. The number of thiophene rings is 1. The molecule has 8 nitrogen and oxygen atoms in total. The van der Waals surface area contributed by atoms with Gasteiger partial charge in [-0.25, -0.2) is 0 Å². The molecule has 0 spiro atoms. The maximum atomic E-state index is 13.1. The third kappa shape index (κ3) is 4.51. The predicted octanol–water partition coefficient (Wildman–Crippen LogP) is 4.08. The monoisotopic (exact) mass is 449 g/mol. The standard InChI is InChI=1S/C18H19N5O3S3/c1-11-9-13(23-26-11)19-14(24)10-28-17-22-21-16(29-17)20-15(25)18(6-2-3-7-18)12-5-4-8-27-12/h4-5,8-9H,2-3,6-7,10H2,1H3,(H,19,23,24)(H,20,21,25). The normalized spacial score (nSPS) is 15.3. The summed E-state index contributed by atoms with van der Waals surface area (Å²) in [7, 11) is 0. The molecule has 0 atom stereocenters. The van der Waals surface area contributed by atoms with Gasteiger partial charge in [-0.15, -0.1) is 21.5 Å². The van der Waals surface area contributed by atoms with Crippen LogP contribution in [-0.4, -0.2) is 32.9 Å². The van der Waals surface area contributed by atoms with E-state index in [9.17, 15) is 9.59 Å². The van der Waals surface area contributed by atoms with Gasteiger partial charge in [-0.1, -0.05) is 47.2 Å². The van der Waals surface area contributed by atoms with E-state index in [1.54, 1.807) is 24.3 Å². The summed E-state index contributed by atoms with van der Waals surface area (Å²) in [4.78, 5) is 26.2. The second-order valence-electron chi connectivity index (χ2n) is 6.75. The molecular formula is C18H19N5O3S3. The lowest BCUT2D eigenvalue weighted by Crippen LogP contribution is -2.37. The number of rotatable bonds is 7. The maximum absolute atomic E-state index is 13.1. The Morgan fingerprint density at radius 3 is 2.79 bits per heavy atom. The highest BCUT2D eigenvalue weighted by atomic mass is 32.2. The summed E-state index contributed by atoms with van der Waals surface area (Å²) < 4.78 is 5.53. The quantitative estimate of drug-likeness (QED) is 0.413. The fourth-order valence-electron chi connectivity index (χ4n) is 3.38. The van der Waals surface area contributed by atoms with Crippen molar-refractivity contribution in [2.24, 2.45) is 0 Å². The highest BCUT2D eigenvalue weighted by molar-refractivity contribution is 8.01. The lowest BCUT2D eigenvalue weighted by Gasteiger charge is -2.25. The summed E-state index contributed by atoms with van der Waals surface area (Å²) in [6.45, 7) is 1.75. The summed E-state index contributed by atoms with van der Waals surface area (Å²) in [6, 6.07) is 5.66. The first-order valence-corrected chi connectivity index (χ1v) is 11.8. The second-order valence-corrected chi connectivity index (χ2v) is 9.90. The molecule has 0 aliphatic heterocycles. The highest BCUT2D eigenvalue weighted by Crippen LogP contribution is 2.44. The molecule has 152 valence electrons. The van der Waals surface area contributed by atoms with E-state index in [0.717, 1.165) is 30.6 Å². The minimum absolute atomic E-state index is 0.0238. The van der Waals surface area contributed by atoms with E-state index in [1.165, 1.54) is 23.1 Å². The van der Waals surface area contributed by atoms with Crippen molar-refractivity contribution in [1.82, 2.24) is 15.4 Å². The molecule has 0 aromatic carbocycles. The number of carbonyl (C=O) groups excluding carboxylic acids is 2. The van der Waals surface area contributed by atoms with E-state index in [0.29, 0.717) is 21.0 Å². The number of hydrogen-bond donors (Lipinski definition) is 2. The molecule has 2 amide bonds. The van der Waals surface area contributed by atoms with Crippen molar-refractivity contribution in [2.75, 3.05) is 16.4 Å². The molecule has 29 heavy (non-hydrogen) atoms. The van der Waals surface area contributed by atoms with E-state index in [2.05, 4.69) is 26.0 Å². The molecule has 0 unspecified atom stereocenters. The zero-order chi connectivity index (χ0) is 20.3. The number of hydrogen-bond acceptors (Lipinski definition) is 9. The van der Waals surface area contributed by atoms with Crippen LogP contribution in [-0.2, 0) is 15.0 Å². The van der Waals surface area contributed by atoms with Gasteiger partial charge in [-0.05, 0) is 31.2 Å². The summed E-state index contributed by atoms with van der Waals surface area (Å²) in [5, 5.41) is 19.9. The van der Waals surface area contributed by atoms with Gasteiger partial charge in [0, 0.05) is 10.9 Å². The van der Waals surface area contributed by atoms with Crippen molar-refractivity contribution in [2.45, 2.75) is 42.4 Å². The molecule has 3 heterocycles. The van der Waals surface area contributed by atoms with Crippen molar-refractivity contribution in [3.63, 3.8) is 0 Å². The van der Waals surface area contributed by atoms with Crippen LogP contribution in [0.15, 0.2) is 32.4 Å². The van der Waals surface area contributed by atoms with Crippen LogP contribution in [0, 0.1) is 6.92 Å². The number of anilines is 2. The molecule has 11 heteroatoms. The fourth-order valence-corrected chi connectivity index (χ4v) is 5.91. The average Bonchev–Trinajstić information content (AvgIpc) is 3.48. The Morgan fingerprint density at radius 2 is 2.10 bits per heavy atom. The minimum Gasteiger partial charge on any atom is -0.360 e. The summed E-state index contributed by atoms with van der Waals surface area (Å²) in [5.41, 5.74) is -0.469. The minimum atomic E-state index is -0.469. The van der Waals surface area contributed by atoms with Crippen LogP contribution in [0.1, 0.15) is 36.3 Å². The molecule has 1 saturated carbocycles. The molecule has 1 aliphatic carbocycles. The van der Waals surface area contributed by atoms with E-state index in [4.69, 9.17) is 4.52 Å². The van der Waals surface area contributed by atoms with Gasteiger partial charge in [0.05, 0.1) is 11.2 Å². The van der Waals surface area contributed by atoms with Gasteiger partial charge in [-0.2, -0.15) is 0 Å². The summed E-state index contributed by atoms with van der Waals surface area (Å²) in [6.07, 6.45) is 3.79. The fraction of sp³-hybridized carbons (Fsp3) is 0.389. The maximum Gasteiger partial charge on any atom is 0.237 e. The number of carbonyl (C=O) groups is 2. The SMILES string of the molecule is Cc1cc(NC(=O)CSc2nnc(NC(=O)C3(c4cccs4)CCCC3)s2)no1. The van der Waals surface area contributed by atoms with Crippen molar-refractivity contribution in [3.05, 3.63) is 34.2 Å². The van der Waals surface area contributed by atoms with Crippen molar-refractivity contribution in [3.8, 4) is 0 Å². The van der Waals surface area contributed by atoms with Crippen LogP contribution in [0.4, 0.5) is 10.9 Å². The topological polar surface area (TPSA) is 110 Å². The Labute approximate surface area is 179 Å². The molecule has 1 fully saturated rings. The Bertz CT molecular complexity index is 992. The van der Waals surface area contributed by atoms with Crippen LogP contribution < -0.4 is 10.6 Å². The van der Waals surface area contributed by atoms with E-state index >= 15 is 0 Å². The smallest absolute Gasteiger partial charge is 0.237 e. The molecule has 0 saturated heterocycles. The highest BCUT2D eigenvalue weighted by Gasteiger charge is 2.43. The van der Waals surface area contributed by atoms with Gasteiger partial charge >= 0.3 is 0 Å². The third-order valence-electron chi connectivity index (χ3n) is 4.73. The van der Waals surface area contributed by atoms with Crippen molar-refractivity contribution < 1.29 is 14.1 Å². The first-order chi connectivity index (χ1) is 14.0. The van der Waals surface area contributed by atoms with Gasteiger partial charge < -0.3 is 9.84 Å². The van der Waals surface area contributed by atoms with Crippen LogP contribution in [0.3, 0.4) is 0 Å².